The Bertz CT molecular complexity index is 635. The van der Waals surface area contributed by atoms with Gasteiger partial charge in [0.2, 0.25) is 0 Å². The van der Waals surface area contributed by atoms with Crippen LogP contribution in [0.25, 0.3) is 0 Å². The van der Waals surface area contributed by atoms with Gasteiger partial charge in [-0.25, -0.2) is 4.57 Å². The van der Waals surface area contributed by atoms with Crippen molar-refractivity contribution in [2.45, 2.75) is 44.6 Å². The topological polar surface area (TPSA) is 132 Å². The number of carbonyl (C=O) groups is 1. The Morgan fingerprint density at radius 1 is 1.03 bits per heavy atom. The van der Waals surface area contributed by atoms with E-state index in [1.807, 2.05) is 51.5 Å². The van der Waals surface area contributed by atoms with Crippen LogP contribution >= 0.6 is 7.82 Å². The molecule has 0 fully saturated rings. The number of phosphoric acid groups is 1. The number of para-hydroxylation sites is 1. The number of unbranched alkanes of at least 4 members (excludes halogenated alkanes) is 4. The summed E-state index contributed by atoms with van der Waals surface area (Å²) in [7, 11) is 1.28. The minimum Gasteiger partial charge on any atom is -0.870 e. The molecule has 0 spiro atoms. The third-order valence-corrected chi connectivity index (χ3v) is 5.06. The van der Waals surface area contributed by atoms with Gasteiger partial charge >= 0.3 is 13.8 Å². The van der Waals surface area contributed by atoms with E-state index in [0.717, 1.165) is 31.4 Å². The van der Waals surface area contributed by atoms with Gasteiger partial charge in [-0.15, -0.1) is 0 Å². The van der Waals surface area contributed by atoms with E-state index in [1.54, 1.807) is 0 Å². The molecule has 0 amide bonds. The van der Waals surface area contributed by atoms with Gasteiger partial charge in [-0.1, -0.05) is 37.5 Å². The molecule has 0 aliphatic carbocycles. The van der Waals surface area contributed by atoms with Crippen LogP contribution in [0.15, 0.2) is 30.3 Å². The van der Waals surface area contributed by atoms with Gasteiger partial charge in [-0.3, -0.25) is 13.8 Å². The summed E-state index contributed by atoms with van der Waals surface area (Å²) in [5, 5.41) is 8.97. The zero-order chi connectivity index (χ0) is 21.8. The van der Waals surface area contributed by atoms with Crippen LogP contribution in [-0.4, -0.2) is 72.9 Å². The smallest absolute Gasteiger partial charge is 0.472 e. The molecule has 3 N–H and O–H groups in total. The van der Waals surface area contributed by atoms with Gasteiger partial charge in [0.25, 0.3) is 0 Å². The van der Waals surface area contributed by atoms with Crippen LogP contribution in [0, 0.1) is 0 Å². The molecule has 10 heteroatoms. The molecular formula is C20H36NO8P. The zero-order valence-electron chi connectivity index (χ0n) is 18.1. The Morgan fingerprint density at radius 2 is 1.60 bits per heavy atom. The normalized spacial score (nSPS) is 14.4. The molecule has 1 unspecified atom stereocenters. The van der Waals surface area contributed by atoms with Crippen LogP contribution < -0.4 is 4.74 Å². The molecule has 0 aliphatic rings. The van der Waals surface area contributed by atoms with Crippen molar-refractivity contribution in [3.63, 3.8) is 0 Å². The number of carboxylic acid groups (broad SMARTS) is 1. The number of carboxylic acids is 1. The van der Waals surface area contributed by atoms with Crippen molar-refractivity contribution in [1.29, 1.82) is 0 Å². The molecule has 30 heavy (non-hydrogen) atoms. The quantitative estimate of drug-likeness (QED) is 0.223. The molecule has 0 bridgehead atoms. The second kappa shape index (κ2) is 14.5. The lowest BCUT2D eigenvalue weighted by Crippen LogP contribution is -2.42. The molecule has 9 nitrogen and oxygen atoms in total. The summed E-state index contributed by atoms with van der Waals surface area (Å²) in [5.74, 6) is -0.217. The van der Waals surface area contributed by atoms with Crippen molar-refractivity contribution in [3.05, 3.63) is 30.3 Å². The number of aliphatic carboxylic acids is 1. The number of quaternary nitrogens is 1. The Morgan fingerprint density at radius 3 is 2.17 bits per heavy atom. The van der Waals surface area contributed by atoms with Crippen molar-refractivity contribution in [2.24, 2.45) is 0 Å². The summed E-state index contributed by atoms with van der Waals surface area (Å²) in [6.07, 6.45) is 3.17. The highest BCUT2D eigenvalue weighted by molar-refractivity contribution is 7.47. The number of hydrogen-bond donors (Lipinski definition) is 2. The maximum Gasteiger partial charge on any atom is 0.472 e. The monoisotopic (exact) mass is 449 g/mol. The van der Waals surface area contributed by atoms with E-state index in [1.165, 1.54) is 0 Å². The summed E-state index contributed by atoms with van der Waals surface area (Å²) >= 11 is 0. The van der Waals surface area contributed by atoms with Gasteiger partial charge in [0.1, 0.15) is 18.4 Å². The molecule has 2 atom stereocenters. The number of likely N-dealkylation sites (N-methyl/N-ethyl adjacent to an activating group) is 1. The first-order valence-corrected chi connectivity index (χ1v) is 11.4. The molecule has 1 aromatic carbocycles. The van der Waals surface area contributed by atoms with Crippen LogP contribution in [0.1, 0.15) is 38.5 Å². The molecule has 1 rings (SSSR count). The van der Waals surface area contributed by atoms with Crippen molar-refractivity contribution >= 4 is 13.8 Å². The molecule has 174 valence electrons. The molecule has 0 radical (unpaired) electrons. The van der Waals surface area contributed by atoms with Crippen LogP contribution in [0.5, 0.6) is 5.75 Å². The van der Waals surface area contributed by atoms with E-state index in [9.17, 15) is 14.3 Å². The number of hydrogen-bond acceptors (Lipinski definition) is 6. The largest absolute Gasteiger partial charge is 0.870 e. The number of nitrogens with zero attached hydrogens (tertiary/aromatic N) is 1. The second-order valence-corrected chi connectivity index (χ2v) is 9.44. The fourth-order valence-corrected chi connectivity index (χ4v) is 3.72. The van der Waals surface area contributed by atoms with E-state index in [4.69, 9.17) is 18.9 Å². The highest BCUT2D eigenvalue weighted by Gasteiger charge is 2.31. The predicted octanol–water partition coefficient (Wildman–Crippen LogP) is 3.52. The van der Waals surface area contributed by atoms with Gasteiger partial charge in [0.05, 0.1) is 40.8 Å². The van der Waals surface area contributed by atoms with Gasteiger partial charge in [0.15, 0.2) is 0 Å². The molecule has 0 heterocycles. The minimum atomic E-state index is -4.28. The average molecular weight is 449 g/mol. The maximum absolute atomic E-state index is 12.1. The SMILES string of the molecule is C[N+](C)(C)C[C@@H](CC(=O)O)OP(=O)(O)OCCCCCCCOc1ccccc1.[OH-]. The van der Waals surface area contributed by atoms with Crippen molar-refractivity contribution in [3.8, 4) is 5.75 Å². The Balaban J connectivity index is 0.00000841. The van der Waals surface area contributed by atoms with E-state index in [-0.39, 0.29) is 25.0 Å². The van der Waals surface area contributed by atoms with E-state index >= 15 is 0 Å². The lowest BCUT2D eigenvalue weighted by atomic mass is 10.1. The van der Waals surface area contributed by atoms with Crippen molar-refractivity contribution in [1.82, 2.24) is 0 Å². The number of ether oxygens (including phenoxy) is 1. The predicted molar refractivity (Wildman–Crippen MR) is 113 cm³/mol. The fraction of sp³-hybridized carbons (Fsp3) is 0.650. The summed E-state index contributed by atoms with van der Waals surface area (Å²) in [6, 6.07) is 9.67. The summed E-state index contributed by atoms with van der Waals surface area (Å²) in [4.78, 5) is 20.8. The molecule has 0 saturated carbocycles. The van der Waals surface area contributed by atoms with E-state index in [0.29, 0.717) is 17.5 Å². The summed E-state index contributed by atoms with van der Waals surface area (Å²) in [5.41, 5.74) is 0. The first-order valence-electron chi connectivity index (χ1n) is 9.93. The van der Waals surface area contributed by atoms with Crippen molar-refractivity contribution < 1.29 is 43.1 Å². The highest BCUT2D eigenvalue weighted by atomic mass is 31.2. The van der Waals surface area contributed by atoms with Gasteiger partial charge in [-0.05, 0) is 25.0 Å². The lowest BCUT2D eigenvalue weighted by Gasteiger charge is -2.29. The Labute approximate surface area is 179 Å². The molecule has 0 saturated heterocycles. The first kappa shape index (κ1) is 28.5. The van der Waals surface area contributed by atoms with Gasteiger partial charge in [-0.2, -0.15) is 0 Å². The first-order chi connectivity index (χ1) is 13.6. The van der Waals surface area contributed by atoms with Crippen LogP contribution in [0.2, 0.25) is 0 Å². The summed E-state index contributed by atoms with van der Waals surface area (Å²) in [6.45, 7) is 1.04. The molecule has 1 aromatic rings. The number of rotatable bonds is 16. The lowest BCUT2D eigenvalue weighted by molar-refractivity contribution is -0.873. The summed E-state index contributed by atoms with van der Waals surface area (Å²) < 4.78 is 28.2. The molecular weight excluding hydrogens is 413 g/mol. The third kappa shape index (κ3) is 15.4. The van der Waals surface area contributed by atoms with Gasteiger partial charge < -0.3 is 24.7 Å². The van der Waals surface area contributed by atoms with Gasteiger partial charge in [0, 0.05) is 0 Å². The number of phosphoric ester groups is 1. The van der Waals surface area contributed by atoms with E-state index in [2.05, 4.69) is 0 Å². The Kier molecular flexibility index (Phi) is 13.8. The Hall–Kier alpha value is -1.48. The van der Waals surface area contributed by atoms with Crippen LogP contribution in [-0.2, 0) is 18.4 Å². The highest BCUT2D eigenvalue weighted by Crippen LogP contribution is 2.45. The fourth-order valence-electron chi connectivity index (χ4n) is 2.78. The van der Waals surface area contributed by atoms with E-state index < -0.39 is 19.9 Å². The second-order valence-electron chi connectivity index (χ2n) is 8.03. The molecule has 0 aliphatic heterocycles. The molecule has 0 aromatic heterocycles. The number of benzene rings is 1. The zero-order valence-corrected chi connectivity index (χ0v) is 19.0. The maximum atomic E-state index is 12.1. The average Bonchev–Trinajstić information content (AvgIpc) is 2.58. The minimum absolute atomic E-state index is 0. The standard InChI is InChI=1S/C20H34NO7P.H2O/c1-21(2,3)17-19(16-20(22)23)28-29(24,25)27-15-11-6-4-5-10-14-26-18-12-8-7-9-13-18;/h7-9,12-13,19H,4-6,10-11,14-17H2,1-3H3,(H-,22,23,24,25);1H2/t19-;/m1./s1. The van der Waals surface area contributed by atoms with Crippen LogP contribution in [0.4, 0.5) is 0 Å². The third-order valence-electron chi connectivity index (χ3n) is 3.99. The van der Waals surface area contributed by atoms with Crippen LogP contribution in [0.3, 0.4) is 0 Å². The van der Waals surface area contributed by atoms with Crippen molar-refractivity contribution in [2.75, 3.05) is 40.9 Å².